The molecule has 1 aliphatic rings. The average molecular weight is 251 g/mol. The van der Waals surface area contributed by atoms with E-state index in [-0.39, 0.29) is 17.7 Å². The molecule has 0 saturated heterocycles. The van der Waals surface area contributed by atoms with Gasteiger partial charge in [0, 0.05) is 18.0 Å². The fourth-order valence-electron chi connectivity index (χ4n) is 2.39. The van der Waals surface area contributed by atoms with E-state index in [0.29, 0.717) is 12.4 Å². The maximum Gasteiger partial charge on any atom is 0.287 e. The average Bonchev–Trinajstić information content (AvgIpc) is 2.86. The van der Waals surface area contributed by atoms with Gasteiger partial charge in [0.15, 0.2) is 0 Å². The molecule has 1 fully saturated rings. The van der Waals surface area contributed by atoms with Crippen LogP contribution in [0.4, 0.5) is 11.5 Å². The minimum atomic E-state index is -0.469. The zero-order chi connectivity index (χ0) is 13.0. The molecule has 0 aliphatic heterocycles. The molecule has 0 spiro atoms. The van der Waals surface area contributed by atoms with Crippen molar-refractivity contribution < 1.29 is 10.0 Å². The van der Waals surface area contributed by atoms with Gasteiger partial charge in [0.2, 0.25) is 0 Å². The molecular formula is C12H17N3O3. The highest BCUT2D eigenvalue weighted by molar-refractivity contribution is 5.40. The van der Waals surface area contributed by atoms with Gasteiger partial charge in [0.05, 0.1) is 11.5 Å². The normalized spacial score (nSPS) is 17.6. The van der Waals surface area contributed by atoms with E-state index >= 15 is 0 Å². The zero-order valence-corrected chi connectivity index (χ0v) is 10.1. The van der Waals surface area contributed by atoms with Crippen LogP contribution in [0.25, 0.3) is 0 Å². The first kappa shape index (κ1) is 12.8. The summed E-state index contributed by atoms with van der Waals surface area (Å²) >= 11 is 0. The maximum atomic E-state index is 10.5. The summed E-state index contributed by atoms with van der Waals surface area (Å²) in [6.45, 7) is 0.835. The maximum absolute atomic E-state index is 10.5. The van der Waals surface area contributed by atoms with E-state index in [1.54, 1.807) is 6.07 Å². The molecule has 1 aromatic rings. The Morgan fingerprint density at radius 3 is 2.67 bits per heavy atom. The predicted octanol–water partition coefficient (Wildman–Crippen LogP) is 1.95. The van der Waals surface area contributed by atoms with Crippen LogP contribution in [-0.4, -0.2) is 28.2 Å². The Hall–Kier alpha value is -1.69. The number of nitro groups is 1. The van der Waals surface area contributed by atoms with E-state index in [1.165, 1.54) is 12.3 Å². The van der Waals surface area contributed by atoms with Crippen molar-refractivity contribution in [3.63, 3.8) is 0 Å². The minimum absolute atomic E-state index is 0.0155. The molecule has 0 aromatic carbocycles. The first-order valence-electron chi connectivity index (χ1n) is 6.10. The van der Waals surface area contributed by atoms with Crippen molar-refractivity contribution in [1.29, 1.82) is 0 Å². The van der Waals surface area contributed by atoms with Crippen molar-refractivity contribution >= 4 is 11.5 Å². The molecule has 6 nitrogen and oxygen atoms in total. The standard InChI is InChI=1S/C12H17N3O3/c16-9-12(5-1-2-6-12)8-14-11-4-3-10(7-13-11)15(17)18/h3-4,7,16H,1-2,5-6,8-9H2,(H,13,14). The Balaban J connectivity index is 1.95. The van der Waals surface area contributed by atoms with E-state index in [2.05, 4.69) is 10.3 Å². The smallest absolute Gasteiger partial charge is 0.287 e. The number of pyridine rings is 1. The first-order chi connectivity index (χ1) is 8.65. The van der Waals surface area contributed by atoms with Gasteiger partial charge >= 0.3 is 0 Å². The molecule has 0 amide bonds. The van der Waals surface area contributed by atoms with Gasteiger partial charge in [0.1, 0.15) is 12.0 Å². The summed E-state index contributed by atoms with van der Waals surface area (Å²) in [5.41, 5.74) is -0.0676. The number of hydrogen-bond acceptors (Lipinski definition) is 5. The van der Waals surface area contributed by atoms with Crippen molar-refractivity contribution in [2.45, 2.75) is 25.7 Å². The van der Waals surface area contributed by atoms with Gasteiger partial charge in [0.25, 0.3) is 5.69 Å². The van der Waals surface area contributed by atoms with Crippen molar-refractivity contribution in [2.75, 3.05) is 18.5 Å². The molecule has 2 rings (SSSR count). The molecule has 18 heavy (non-hydrogen) atoms. The summed E-state index contributed by atoms with van der Waals surface area (Å²) in [7, 11) is 0. The number of nitrogens with one attached hydrogen (secondary N) is 1. The van der Waals surface area contributed by atoms with Gasteiger partial charge in [-0.1, -0.05) is 12.8 Å². The molecule has 6 heteroatoms. The fraction of sp³-hybridized carbons (Fsp3) is 0.583. The largest absolute Gasteiger partial charge is 0.396 e. The number of nitrogens with zero attached hydrogens (tertiary/aromatic N) is 2. The predicted molar refractivity (Wildman–Crippen MR) is 67.4 cm³/mol. The van der Waals surface area contributed by atoms with Crippen molar-refractivity contribution in [1.82, 2.24) is 4.98 Å². The SMILES string of the molecule is O=[N+]([O-])c1ccc(NCC2(CO)CCCC2)nc1. The van der Waals surface area contributed by atoms with Crippen molar-refractivity contribution in [3.05, 3.63) is 28.4 Å². The second kappa shape index (κ2) is 5.30. The van der Waals surface area contributed by atoms with E-state index < -0.39 is 4.92 Å². The summed E-state index contributed by atoms with van der Waals surface area (Å²) in [6.07, 6.45) is 5.57. The van der Waals surface area contributed by atoms with Crippen LogP contribution in [0.3, 0.4) is 0 Å². The fourth-order valence-corrected chi connectivity index (χ4v) is 2.39. The number of aromatic nitrogens is 1. The van der Waals surface area contributed by atoms with E-state index in [1.807, 2.05) is 0 Å². The Morgan fingerprint density at radius 2 is 2.17 bits per heavy atom. The third kappa shape index (κ3) is 2.76. The Kier molecular flexibility index (Phi) is 3.76. The molecule has 98 valence electrons. The van der Waals surface area contributed by atoms with Crippen LogP contribution in [0.15, 0.2) is 18.3 Å². The second-order valence-corrected chi connectivity index (χ2v) is 4.88. The lowest BCUT2D eigenvalue weighted by Gasteiger charge is -2.26. The number of aliphatic hydroxyl groups is 1. The summed E-state index contributed by atoms with van der Waals surface area (Å²) in [5.74, 6) is 0.611. The summed E-state index contributed by atoms with van der Waals surface area (Å²) in [4.78, 5) is 14.0. The molecule has 0 bridgehead atoms. The number of hydrogen-bond donors (Lipinski definition) is 2. The van der Waals surface area contributed by atoms with E-state index in [4.69, 9.17) is 0 Å². The molecular weight excluding hydrogens is 234 g/mol. The monoisotopic (exact) mass is 251 g/mol. The van der Waals surface area contributed by atoms with Gasteiger partial charge < -0.3 is 10.4 Å². The van der Waals surface area contributed by atoms with Crippen LogP contribution in [0.1, 0.15) is 25.7 Å². The van der Waals surface area contributed by atoms with E-state index in [0.717, 1.165) is 25.7 Å². The van der Waals surface area contributed by atoms with Crippen LogP contribution in [0.2, 0.25) is 0 Å². The minimum Gasteiger partial charge on any atom is -0.396 e. The molecule has 1 saturated carbocycles. The van der Waals surface area contributed by atoms with Gasteiger partial charge in [-0.05, 0) is 18.9 Å². The van der Waals surface area contributed by atoms with Crippen molar-refractivity contribution in [3.8, 4) is 0 Å². The topological polar surface area (TPSA) is 88.3 Å². The van der Waals surface area contributed by atoms with Crippen LogP contribution in [-0.2, 0) is 0 Å². The lowest BCUT2D eigenvalue weighted by molar-refractivity contribution is -0.385. The number of anilines is 1. The van der Waals surface area contributed by atoms with Gasteiger partial charge in [-0.15, -0.1) is 0 Å². The Labute approximate surface area is 105 Å². The van der Waals surface area contributed by atoms with Crippen molar-refractivity contribution in [2.24, 2.45) is 5.41 Å². The molecule has 0 radical (unpaired) electrons. The summed E-state index contributed by atoms with van der Waals surface area (Å²) in [6, 6.07) is 3.02. The molecule has 2 N–H and O–H groups in total. The molecule has 1 aromatic heterocycles. The lowest BCUT2D eigenvalue weighted by Crippen LogP contribution is -2.30. The summed E-state index contributed by atoms with van der Waals surface area (Å²) < 4.78 is 0. The van der Waals surface area contributed by atoms with Gasteiger partial charge in [-0.25, -0.2) is 4.98 Å². The van der Waals surface area contributed by atoms with Crippen LogP contribution in [0, 0.1) is 15.5 Å². The van der Waals surface area contributed by atoms with Crippen LogP contribution < -0.4 is 5.32 Å². The highest BCUT2D eigenvalue weighted by Gasteiger charge is 2.32. The van der Waals surface area contributed by atoms with Gasteiger partial charge in [-0.2, -0.15) is 0 Å². The molecule has 1 aliphatic carbocycles. The summed E-state index contributed by atoms with van der Waals surface area (Å²) in [5, 5.41) is 23.1. The molecule has 0 atom stereocenters. The van der Waals surface area contributed by atoms with Crippen LogP contribution in [0.5, 0.6) is 0 Å². The second-order valence-electron chi connectivity index (χ2n) is 4.88. The Morgan fingerprint density at radius 1 is 1.44 bits per heavy atom. The highest BCUT2D eigenvalue weighted by Crippen LogP contribution is 2.37. The molecule has 0 unspecified atom stereocenters. The quantitative estimate of drug-likeness (QED) is 0.616. The highest BCUT2D eigenvalue weighted by atomic mass is 16.6. The lowest BCUT2D eigenvalue weighted by atomic mass is 9.87. The third-order valence-electron chi connectivity index (χ3n) is 3.60. The van der Waals surface area contributed by atoms with Gasteiger partial charge in [-0.3, -0.25) is 10.1 Å². The molecule has 1 heterocycles. The zero-order valence-electron chi connectivity index (χ0n) is 10.1. The number of aliphatic hydroxyl groups excluding tert-OH is 1. The van der Waals surface area contributed by atoms with Crippen LogP contribution >= 0.6 is 0 Å². The number of rotatable bonds is 5. The Bertz CT molecular complexity index is 413. The third-order valence-corrected chi connectivity index (χ3v) is 3.60. The van der Waals surface area contributed by atoms with E-state index in [9.17, 15) is 15.2 Å². The first-order valence-corrected chi connectivity index (χ1v) is 6.10.